The molecule has 0 saturated heterocycles. The number of carboxylic acids is 1. The van der Waals surface area contributed by atoms with Gasteiger partial charge in [0, 0.05) is 4.90 Å². The number of carboxylic acid groups (broad SMARTS) is 1. The minimum atomic E-state index is -0.851. The van der Waals surface area contributed by atoms with Gasteiger partial charge in [-0.3, -0.25) is 9.78 Å². The lowest BCUT2D eigenvalue weighted by Crippen LogP contribution is -1.99. The van der Waals surface area contributed by atoms with Crippen LogP contribution in [-0.4, -0.2) is 21.0 Å². The Morgan fingerprint density at radius 1 is 1.28 bits per heavy atom. The second-order valence-electron chi connectivity index (χ2n) is 5.38. The van der Waals surface area contributed by atoms with E-state index in [9.17, 15) is 4.79 Å². The van der Waals surface area contributed by atoms with Crippen molar-refractivity contribution in [2.75, 3.05) is 0 Å². The van der Waals surface area contributed by atoms with Crippen LogP contribution in [0.3, 0.4) is 0 Å². The zero-order valence-electron chi connectivity index (χ0n) is 13.3. The first-order chi connectivity index (χ1) is 12.0. The quantitative estimate of drug-likeness (QED) is 0.584. The summed E-state index contributed by atoms with van der Waals surface area (Å²) in [6.07, 6.45) is 0.809. The van der Waals surface area contributed by atoms with Gasteiger partial charge in [0.1, 0.15) is 10.2 Å². The third-order valence-corrected chi connectivity index (χ3v) is 5.65. The highest BCUT2D eigenvalue weighted by Gasteiger charge is 2.18. The third-order valence-electron chi connectivity index (χ3n) is 3.59. The molecule has 0 spiro atoms. The number of hydrogen-bond acceptors (Lipinski definition) is 4. The number of hydrogen-bond donors (Lipinski definition) is 1. The van der Waals surface area contributed by atoms with Gasteiger partial charge in [-0.2, -0.15) is 0 Å². The van der Waals surface area contributed by atoms with E-state index in [0.29, 0.717) is 5.15 Å². The van der Waals surface area contributed by atoms with E-state index in [4.69, 9.17) is 16.7 Å². The Morgan fingerprint density at radius 2 is 2.08 bits per heavy atom. The second-order valence-corrected chi connectivity index (χ2v) is 7.63. The van der Waals surface area contributed by atoms with Crippen molar-refractivity contribution in [3.8, 4) is 11.3 Å². The minimum Gasteiger partial charge on any atom is -0.481 e. The van der Waals surface area contributed by atoms with Crippen LogP contribution in [0.1, 0.15) is 18.2 Å². The van der Waals surface area contributed by atoms with Crippen molar-refractivity contribution in [1.29, 1.82) is 0 Å². The van der Waals surface area contributed by atoms with E-state index in [1.807, 2.05) is 37.3 Å². The number of aryl methyl sites for hydroxylation is 1. The Labute approximate surface area is 163 Å². The molecule has 0 fully saturated rings. The van der Waals surface area contributed by atoms with Crippen LogP contribution in [0.4, 0.5) is 0 Å². The number of rotatable bonds is 5. The maximum atomic E-state index is 10.9. The molecule has 128 valence electrons. The fourth-order valence-corrected chi connectivity index (χ4v) is 4.55. The molecular weight excluding hydrogens is 424 g/mol. The molecule has 1 N–H and O–H groups in total. The molecule has 0 atom stereocenters. The van der Waals surface area contributed by atoms with Gasteiger partial charge in [-0.15, -0.1) is 0 Å². The molecule has 0 aliphatic carbocycles. The predicted molar refractivity (Wildman–Crippen MR) is 103 cm³/mol. The largest absolute Gasteiger partial charge is 0.481 e. The molecule has 0 saturated carbocycles. The van der Waals surface area contributed by atoms with Crippen molar-refractivity contribution in [2.24, 2.45) is 0 Å². The molecule has 25 heavy (non-hydrogen) atoms. The first kappa shape index (κ1) is 18.2. The lowest BCUT2D eigenvalue weighted by molar-refractivity contribution is -0.136. The average molecular weight is 438 g/mol. The van der Waals surface area contributed by atoms with Gasteiger partial charge in [0.2, 0.25) is 0 Å². The van der Waals surface area contributed by atoms with Gasteiger partial charge in [0.05, 0.1) is 27.8 Å². The first-order valence-corrected chi connectivity index (χ1v) is 9.60. The predicted octanol–water partition coefficient (Wildman–Crippen LogP) is 5.34. The van der Waals surface area contributed by atoms with Crippen LogP contribution in [0, 0.1) is 0 Å². The Hall–Kier alpha value is -1.63. The molecule has 1 aromatic carbocycles. The van der Waals surface area contributed by atoms with Crippen LogP contribution >= 0.6 is 39.3 Å². The van der Waals surface area contributed by atoms with Gasteiger partial charge >= 0.3 is 5.97 Å². The second kappa shape index (κ2) is 7.72. The van der Waals surface area contributed by atoms with Crippen LogP contribution < -0.4 is 0 Å². The first-order valence-electron chi connectivity index (χ1n) is 7.61. The Bertz CT molecular complexity index is 920. The van der Waals surface area contributed by atoms with Crippen LogP contribution in [0.5, 0.6) is 0 Å². The maximum absolute atomic E-state index is 10.9. The lowest BCUT2D eigenvalue weighted by atomic mass is 10.2. The highest BCUT2D eigenvalue weighted by Crippen LogP contribution is 2.39. The Balaban J connectivity index is 1.95. The summed E-state index contributed by atoms with van der Waals surface area (Å²) in [5.74, 6) is -0.851. The fraction of sp³-hybridized carbons (Fsp3) is 0.167. The molecule has 4 nitrogen and oxygen atoms in total. The number of aliphatic carboxylic acids is 1. The van der Waals surface area contributed by atoms with Gasteiger partial charge in [-0.1, -0.05) is 42.4 Å². The average Bonchev–Trinajstić information content (AvgIpc) is 2.79. The lowest BCUT2D eigenvalue weighted by Gasteiger charge is -2.02. The number of carbonyl (C=O) groups is 1. The summed E-state index contributed by atoms with van der Waals surface area (Å²) in [7, 11) is 0. The molecule has 2 heterocycles. The summed E-state index contributed by atoms with van der Waals surface area (Å²) in [6.45, 7) is 2.04. The van der Waals surface area contributed by atoms with E-state index in [-0.39, 0.29) is 6.42 Å². The molecule has 0 aromatic heterocycles. The van der Waals surface area contributed by atoms with Crippen LogP contribution in [0.25, 0.3) is 11.3 Å². The van der Waals surface area contributed by atoms with E-state index in [1.165, 1.54) is 11.8 Å². The van der Waals surface area contributed by atoms with E-state index >= 15 is 0 Å². The zero-order valence-corrected chi connectivity index (χ0v) is 16.5. The minimum absolute atomic E-state index is 0.00410. The van der Waals surface area contributed by atoms with Crippen molar-refractivity contribution in [3.63, 3.8) is 0 Å². The SMILES string of the molecule is CCc1nc2ccc(Sc3cccc(CC(=O)O)c3)nc(Cl)c-2c1Br. The normalized spacial score (nSPS) is 11.0. The van der Waals surface area contributed by atoms with Crippen LogP contribution in [-0.2, 0) is 17.6 Å². The molecule has 1 aromatic rings. The Morgan fingerprint density at radius 3 is 2.80 bits per heavy atom. The number of benzene rings is 1. The van der Waals surface area contributed by atoms with Crippen molar-refractivity contribution in [2.45, 2.75) is 29.7 Å². The Kier molecular flexibility index (Phi) is 5.61. The summed E-state index contributed by atoms with van der Waals surface area (Å²) in [5.41, 5.74) is 3.32. The topological polar surface area (TPSA) is 63.1 Å². The van der Waals surface area contributed by atoms with Crippen LogP contribution in [0.2, 0.25) is 5.15 Å². The van der Waals surface area contributed by atoms with Crippen LogP contribution in [0.15, 0.2) is 50.8 Å². The van der Waals surface area contributed by atoms with E-state index in [1.54, 1.807) is 6.07 Å². The van der Waals surface area contributed by atoms with Gasteiger partial charge in [0.15, 0.2) is 0 Å². The molecule has 0 bridgehead atoms. The molecule has 2 aliphatic rings. The molecule has 0 radical (unpaired) electrons. The summed E-state index contributed by atoms with van der Waals surface area (Å²) < 4.78 is 0.887. The number of nitrogens with zero attached hydrogens (tertiary/aromatic N) is 2. The van der Waals surface area contributed by atoms with Crippen molar-refractivity contribution in [3.05, 3.63) is 57.3 Å². The van der Waals surface area contributed by atoms with E-state index in [2.05, 4.69) is 25.9 Å². The summed E-state index contributed by atoms with van der Waals surface area (Å²) in [6, 6.07) is 11.2. The third kappa shape index (κ3) is 4.14. The van der Waals surface area contributed by atoms with Gasteiger partial charge < -0.3 is 5.11 Å². The standard InChI is InChI=1S/C18H14BrClN2O2S/c1-2-12-17(19)16-13(21-12)6-7-14(22-18(16)20)25-11-5-3-4-10(8-11)9-15(23)24/h3-8H,2,9H2,1H3,(H,23,24). The van der Waals surface area contributed by atoms with Crippen molar-refractivity contribution in [1.82, 2.24) is 9.97 Å². The fourth-order valence-electron chi connectivity index (χ4n) is 2.47. The van der Waals surface area contributed by atoms with E-state index in [0.717, 1.165) is 43.3 Å². The van der Waals surface area contributed by atoms with Crippen molar-refractivity contribution < 1.29 is 9.90 Å². The molecule has 7 heteroatoms. The molecular formula is C18H14BrClN2O2S. The molecule has 0 unspecified atom stereocenters. The zero-order chi connectivity index (χ0) is 18.0. The number of halogens is 2. The van der Waals surface area contributed by atoms with Gasteiger partial charge in [-0.25, -0.2) is 4.98 Å². The monoisotopic (exact) mass is 436 g/mol. The van der Waals surface area contributed by atoms with E-state index < -0.39 is 5.97 Å². The highest BCUT2D eigenvalue weighted by molar-refractivity contribution is 9.10. The molecule has 0 amide bonds. The van der Waals surface area contributed by atoms with Gasteiger partial charge in [0.25, 0.3) is 0 Å². The molecule has 2 aliphatic heterocycles. The van der Waals surface area contributed by atoms with Crippen molar-refractivity contribution >= 4 is 45.3 Å². The summed E-state index contributed by atoms with van der Waals surface area (Å²) >= 11 is 11.4. The smallest absolute Gasteiger partial charge is 0.307 e. The summed E-state index contributed by atoms with van der Waals surface area (Å²) in [4.78, 5) is 20.9. The number of aromatic nitrogens is 2. The maximum Gasteiger partial charge on any atom is 0.307 e. The molecule has 3 rings (SSSR count). The number of fused-ring (bicyclic) bond motifs is 1. The summed E-state index contributed by atoms with van der Waals surface area (Å²) in [5, 5.41) is 10.0. The highest BCUT2D eigenvalue weighted by atomic mass is 79.9. The van der Waals surface area contributed by atoms with Gasteiger partial charge in [-0.05, 0) is 52.2 Å².